The van der Waals surface area contributed by atoms with E-state index in [0.717, 1.165) is 12.5 Å². The minimum Gasteiger partial charge on any atom is -0.396 e. The summed E-state index contributed by atoms with van der Waals surface area (Å²) in [4.78, 5) is 2.40. The fourth-order valence-electron chi connectivity index (χ4n) is 1.98. The summed E-state index contributed by atoms with van der Waals surface area (Å²) in [7, 11) is 2.19. The number of aliphatic hydroxyl groups is 1. The minimum atomic E-state index is 0.279. The van der Waals surface area contributed by atoms with Gasteiger partial charge in [0.15, 0.2) is 0 Å². The van der Waals surface area contributed by atoms with Crippen LogP contribution in [0, 0.1) is 11.8 Å². The predicted molar refractivity (Wildman–Crippen MR) is 63.9 cm³/mol. The summed E-state index contributed by atoms with van der Waals surface area (Å²) in [6.45, 7) is 8.11. The Bertz CT molecular complexity index is 167. The third kappa shape index (κ3) is 4.49. The normalized spacial score (nSPS) is 24.0. The average Bonchev–Trinajstić information content (AvgIpc) is 2.26. The van der Waals surface area contributed by atoms with Gasteiger partial charge in [-0.1, -0.05) is 6.92 Å². The molecule has 3 nitrogen and oxygen atoms in total. The molecule has 1 aliphatic rings. The summed E-state index contributed by atoms with van der Waals surface area (Å²) in [5.41, 5.74) is 0. The molecule has 1 saturated heterocycles. The Morgan fingerprint density at radius 1 is 1.33 bits per heavy atom. The number of hydrogen-bond acceptors (Lipinski definition) is 3. The van der Waals surface area contributed by atoms with Crippen LogP contribution >= 0.6 is 0 Å². The van der Waals surface area contributed by atoms with Gasteiger partial charge in [-0.2, -0.15) is 0 Å². The molecular formula is C12H26N2O. The molecule has 1 rings (SSSR count). The van der Waals surface area contributed by atoms with Gasteiger partial charge in [0.2, 0.25) is 0 Å². The maximum absolute atomic E-state index is 9.03. The molecule has 0 aromatic rings. The van der Waals surface area contributed by atoms with E-state index in [4.69, 9.17) is 5.11 Å². The van der Waals surface area contributed by atoms with E-state index in [9.17, 15) is 0 Å². The summed E-state index contributed by atoms with van der Waals surface area (Å²) in [5, 5.41) is 12.6. The smallest absolute Gasteiger partial charge is 0.0471 e. The van der Waals surface area contributed by atoms with Gasteiger partial charge in [0.05, 0.1) is 0 Å². The van der Waals surface area contributed by atoms with Crippen LogP contribution in [0.3, 0.4) is 0 Å². The van der Waals surface area contributed by atoms with Crippen molar-refractivity contribution in [2.45, 2.75) is 32.7 Å². The zero-order valence-electron chi connectivity index (χ0n) is 10.4. The quantitative estimate of drug-likeness (QED) is 0.715. The van der Waals surface area contributed by atoms with Crippen LogP contribution in [0.4, 0.5) is 0 Å². The van der Waals surface area contributed by atoms with Crippen LogP contribution < -0.4 is 5.32 Å². The van der Waals surface area contributed by atoms with Gasteiger partial charge in [0.1, 0.15) is 0 Å². The molecule has 0 saturated carbocycles. The molecule has 1 heterocycles. The number of rotatable bonds is 5. The van der Waals surface area contributed by atoms with E-state index in [0.29, 0.717) is 12.0 Å². The van der Waals surface area contributed by atoms with E-state index in [1.54, 1.807) is 0 Å². The summed E-state index contributed by atoms with van der Waals surface area (Å²) in [6.07, 6.45) is 2.62. The largest absolute Gasteiger partial charge is 0.396 e. The highest BCUT2D eigenvalue weighted by Crippen LogP contribution is 2.15. The lowest BCUT2D eigenvalue weighted by Gasteiger charge is -2.30. The van der Waals surface area contributed by atoms with E-state index in [1.165, 1.54) is 25.9 Å². The summed E-state index contributed by atoms with van der Waals surface area (Å²) in [6, 6.07) is 0.426. The molecule has 0 aromatic heterocycles. The Kier molecular flexibility index (Phi) is 5.58. The Balaban J connectivity index is 2.14. The second-order valence-electron chi connectivity index (χ2n) is 5.10. The molecule has 2 unspecified atom stereocenters. The molecule has 2 N–H and O–H groups in total. The highest BCUT2D eigenvalue weighted by atomic mass is 16.3. The second kappa shape index (κ2) is 6.46. The molecule has 0 aromatic carbocycles. The number of nitrogens with one attached hydrogen (secondary N) is 1. The first-order chi connectivity index (χ1) is 7.13. The first-order valence-corrected chi connectivity index (χ1v) is 6.16. The Morgan fingerprint density at radius 3 is 2.47 bits per heavy atom. The summed E-state index contributed by atoms with van der Waals surface area (Å²) in [5.74, 6) is 1.19. The molecule has 0 spiro atoms. The molecule has 0 aliphatic carbocycles. The monoisotopic (exact) mass is 214 g/mol. The van der Waals surface area contributed by atoms with Crippen molar-refractivity contribution in [3.8, 4) is 0 Å². The molecule has 15 heavy (non-hydrogen) atoms. The predicted octanol–water partition coefficient (Wildman–Crippen LogP) is 0.935. The van der Waals surface area contributed by atoms with Crippen LogP contribution in [0.25, 0.3) is 0 Å². The lowest BCUT2D eigenvalue weighted by atomic mass is 9.96. The van der Waals surface area contributed by atoms with Crippen molar-refractivity contribution < 1.29 is 5.11 Å². The Morgan fingerprint density at radius 2 is 1.93 bits per heavy atom. The standard InChI is InChI=1S/C12H26N2O/c1-10(9-15)11(2)13-8-12-4-6-14(3)7-5-12/h10-13,15H,4-9H2,1-3H3. The molecular weight excluding hydrogens is 188 g/mol. The van der Waals surface area contributed by atoms with Crippen LogP contribution in [-0.4, -0.2) is 49.3 Å². The topological polar surface area (TPSA) is 35.5 Å². The zero-order chi connectivity index (χ0) is 11.3. The molecule has 2 atom stereocenters. The molecule has 3 heteroatoms. The average molecular weight is 214 g/mol. The Hall–Kier alpha value is -0.120. The van der Waals surface area contributed by atoms with Gasteiger partial charge in [-0.3, -0.25) is 0 Å². The first-order valence-electron chi connectivity index (χ1n) is 6.16. The van der Waals surface area contributed by atoms with Crippen LogP contribution in [0.2, 0.25) is 0 Å². The lowest BCUT2D eigenvalue weighted by Crippen LogP contribution is -2.40. The third-order valence-corrected chi connectivity index (χ3v) is 3.71. The maximum Gasteiger partial charge on any atom is 0.0471 e. The van der Waals surface area contributed by atoms with E-state index in [-0.39, 0.29) is 6.61 Å². The number of aliphatic hydroxyl groups excluding tert-OH is 1. The third-order valence-electron chi connectivity index (χ3n) is 3.71. The highest BCUT2D eigenvalue weighted by Gasteiger charge is 2.18. The van der Waals surface area contributed by atoms with Crippen molar-refractivity contribution in [3.63, 3.8) is 0 Å². The van der Waals surface area contributed by atoms with Gasteiger partial charge in [0.25, 0.3) is 0 Å². The van der Waals surface area contributed by atoms with Gasteiger partial charge in [-0.25, -0.2) is 0 Å². The first kappa shape index (κ1) is 12.9. The minimum absolute atomic E-state index is 0.279. The summed E-state index contributed by atoms with van der Waals surface area (Å²) >= 11 is 0. The molecule has 0 bridgehead atoms. The number of hydrogen-bond donors (Lipinski definition) is 2. The molecule has 90 valence electrons. The van der Waals surface area contributed by atoms with Crippen LogP contribution in [0.5, 0.6) is 0 Å². The van der Waals surface area contributed by atoms with E-state index in [1.807, 2.05) is 0 Å². The van der Waals surface area contributed by atoms with Gasteiger partial charge >= 0.3 is 0 Å². The maximum atomic E-state index is 9.03. The van der Waals surface area contributed by atoms with Crippen LogP contribution in [-0.2, 0) is 0 Å². The van der Waals surface area contributed by atoms with Crippen molar-refractivity contribution in [2.75, 3.05) is 33.3 Å². The van der Waals surface area contributed by atoms with Gasteiger partial charge in [0, 0.05) is 12.6 Å². The van der Waals surface area contributed by atoms with E-state index < -0.39 is 0 Å². The molecule has 0 radical (unpaired) electrons. The fraction of sp³-hybridized carbons (Fsp3) is 1.00. The van der Waals surface area contributed by atoms with Crippen molar-refractivity contribution in [1.29, 1.82) is 0 Å². The lowest BCUT2D eigenvalue weighted by molar-refractivity contribution is 0.187. The number of piperidine rings is 1. The fourth-order valence-corrected chi connectivity index (χ4v) is 1.98. The van der Waals surface area contributed by atoms with Crippen LogP contribution in [0.1, 0.15) is 26.7 Å². The van der Waals surface area contributed by atoms with Crippen molar-refractivity contribution in [2.24, 2.45) is 11.8 Å². The SMILES string of the molecule is CC(CO)C(C)NCC1CCN(C)CC1. The van der Waals surface area contributed by atoms with Crippen molar-refractivity contribution in [1.82, 2.24) is 10.2 Å². The summed E-state index contributed by atoms with van der Waals surface area (Å²) < 4.78 is 0. The zero-order valence-corrected chi connectivity index (χ0v) is 10.4. The molecule has 1 fully saturated rings. The molecule has 0 amide bonds. The molecule has 1 aliphatic heterocycles. The van der Waals surface area contributed by atoms with E-state index >= 15 is 0 Å². The number of nitrogens with zero attached hydrogens (tertiary/aromatic N) is 1. The van der Waals surface area contributed by atoms with Crippen molar-refractivity contribution >= 4 is 0 Å². The second-order valence-corrected chi connectivity index (χ2v) is 5.10. The van der Waals surface area contributed by atoms with Gasteiger partial charge < -0.3 is 15.3 Å². The Labute approximate surface area is 93.9 Å². The van der Waals surface area contributed by atoms with Crippen molar-refractivity contribution in [3.05, 3.63) is 0 Å². The van der Waals surface area contributed by atoms with Crippen LogP contribution in [0.15, 0.2) is 0 Å². The number of likely N-dealkylation sites (tertiary alicyclic amines) is 1. The van der Waals surface area contributed by atoms with Gasteiger partial charge in [-0.05, 0) is 58.3 Å². The van der Waals surface area contributed by atoms with E-state index in [2.05, 4.69) is 31.1 Å². The highest BCUT2D eigenvalue weighted by molar-refractivity contribution is 4.75. The van der Waals surface area contributed by atoms with Gasteiger partial charge in [-0.15, -0.1) is 0 Å².